The number of aromatic nitrogens is 3. The Morgan fingerprint density at radius 3 is 2.67 bits per heavy atom. The van der Waals surface area contributed by atoms with Crippen molar-refractivity contribution < 1.29 is 0 Å². The highest BCUT2D eigenvalue weighted by atomic mass is 35.5. The summed E-state index contributed by atoms with van der Waals surface area (Å²) in [7, 11) is 0. The van der Waals surface area contributed by atoms with Gasteiger partial charge in [-0.1, -0.05) is 48.9 Å². The Labute approximate surface area is 151 Å². The number of hydrogen-bond acceptors (Lipinski definition) is 2. The maximum absolute atomic E-state index is 6.00. The molecule has 1 fully saturated rings. The van der Waals surface area contributed by atoms with Crippen LogP contribution in [0, 0.1) is 4.77 Å². The lowest BCUT2D eigenvalue weighted by Gasteiger charge is -2.11. The summed E-state index contributed by atoms with van der Waals surface area (Å²) in [6, 6.07) is 16.5. The van der Waals surface area contributed by atoms with E-state index in [1.54, 1.807) is 0 Å². The van der Waals surface area contributed by atoms with Gasteiger partial charge in [0.15, 0.2) is 4.77 Å². The van der Waals surface area contributed by atoms with E-state index in [4.69, 9.17) is 23.8 Å². The van der Waals surface area contributed by atoms with Gasteiger partial charge in [-0.05, 0) is 60.3 Å². The molecule has 5 heteroatoms. The second-order valence-corrected chi connectivity index (χ2v) is 7.03. The largest absolute Gasteiger partial charge is 0.272 e. The summed E-state index contributed by atoms with van der Waals surface area (Å²) in [5.74, 6) is 1.91. The van der Waals surface area contributed by atoms with Gasteiger partial charge in [0, 0.05) is 10.9 Å². The molecule has 2 atom stereocenters. The third-order valence-corrected chi connectivity index (χ3v) is 5.26. The Morgan fingerprint density at radius 1 is 1.17 bits per heavy atom. The zero-order valence-electron chi connectivity index (χ0n) is 13.4. The van der Waals surface area contributed by atoms with Gasteiger partial charge in [0.1, 0.15) is 5.82 Å². The zero-order valence-corrected chi connectivity index (χ0v) is 14.9. The van der Waals surface area contributed by atoms with E-state index in [2.05, 4.69) is 58.1 Å². The molecule has 1 N–H and O–H groups in total. The molecule has 1 aliphatic carbocycles. The normalized spacial score (nSPS) is 19.4. The number of hydrogen-bond donors (Lipinski definition) is 1. The van der Waals surface area contributed by atoms with E-state index in [1.807, 2.05) is 12.1 Å². The van der Waals surface area contributed by atoms with Crippen LogP contribution in [0.5, 0.6) is 0 Å². The molecule has 2 aromatic carbocycles. The molecule has 0 amide bonds. The molecule has 2 unspecified atom stereocenters. The molecule has 122 valence electrons. The second kappa shape index (κ2) is 6.19. The summed E-state index contributed by atoms with van der Waals surface area (Å²) in [4.78, 5) is 0. The minimum Gasteiger partial charge on any atom is -0.272 e. The standard InChI is InChI=1S/C19H18ClN3S/c1-2-12-5-3-4-6-17(12)23-18(21-22-19(23)24)16-11-15(16)13-7-9-14(20)10-8-13/h3-10,15-16H,2,11H2,1H3,(H,22,24). The highest BCUT2D eigenvalue weighted by Crippen LogP contribution is 2.54. The van der Waals surface area contributed by atoms with Gasteiger partial charge in [0.2, 0.25) is 0 Å². The Hall–Kier alpha value is -1.91. The molecule has 0 saturated heterocycles. The third-order valence-electron chi connectivity index (χ3n) is 4.73. The minimum absolute atomic E-state index is 0.393. The number of nitrogens with zero attached hydrogens (tertiary/aromatic N) is 2. The van der Waals surface area contributed by atoms with E-state index in [9.17, 15) is 0 Å². The highest BCUT2D eigenvalue weighted by Gasteiger charge is 2.43. The van der Waals surface area contributed by atoms with Gasteiger partial charge in [-0.2, -0.15) is 5.10 Å². The van der Waals surface area contributed by atoms with Crippen LogP contribution in [0.1, 0.15) is 42.1 Å². The van der Waals surface area contributed by atoms with Gasteiger partial charge in [0.25, 0.3) is 0 Å². The number of nitrogens with one attached hydrogen (secondary N) is 1. The van der Waals surface area contributed by atoms with Crippen molar-refractivity contribution in [2.45, 2.75) is 31.6 Å². The lowest BCUT2D eigenvalue weighted by Crippen LogP contribution is -2.04. The van der Waals surface area contributed by atoms with E-state index in [-0.39, 0.29) is 0 Å². The molecule has 0 aliphatic heterocycles. The lowest BCUT2D eigenvalue weighted by molar-refractivity contribution is 0.838. The van der Waals surface area contributed by atoms with Gasteiger partial charge < -0.3 is 0 Å². The Kier molecular flexibility index (Phi) is 4.02. The number of para-hydroxylation sites is 1. The van der Waals surface area contributed by atoms with Crippen molar-refractivity contribution in [3.63, 3.8) is 0 Å². The van der Waals surface area contributed by atoms with Gasteiger partial charge >= 0.3 is 0 Å². The first kappa shape index (κ1) is 15.6. The van der Waals surface area contributed by atoms with Crippen molar-refractivity contribution in [1.29, 1.82) is 0 Å². The number of rotatable bonds is 4. The minimum atomic E-state index is 0.393. The van der Waals surface area contributed by atoms with Crippen molar-refractivity contribution in [2.24, 2.45) is 0 Å². The topological polar surface area (TPSA) is 33.6 Å². The van der Waals surface area contributed by atoms with Crippen LogP contribution in [-0.4, -0.2) is 14.8 Å². The SMILES string of the molecule is CCc1ccccc1-n1c(C2CC2c2ccc(Cl)cc2)n[nH]c1=S. The van der Waals surface area contributed by atoms with Crippen LogP contribution in [-0.2, 0) is 6.42 Å². The number of halogens is 1. The number of H-pyrrole nitrogens is 1. The Bertz CT molecular complexity index is 926. The van der Waals surface area contributed by atoms with E-state index >= 15 is 0 Å². The summed E-state index contributed by atoms with van der Waals surface area (Å²) >= 11 is 11.5. The summed E-state index contributed by atoms with van der Waals surface area (Å²) in [5, 5.41) is 8.30. The molecule has 1 aliphatic rings. The molecule has 0 bridgehead atoms. The second-order valence-electron chi connectivity index (χ2n) is 6.20. The van der Waals surface area contributed by atoms with E-state index in [1.165, 1.54) is 11.1 Å². The first-order valence-electron chi connectivity index (χ1n) is 8.20. The fraction of sp³-hybridized carbons (Fsp3) is 0.263. The fourth-order valence-electron chi connectivity index (χ4n) is 3.38. The molecule has 0 spiro atoms. The molecule has 1 heterocycles. The van der Waals surface area contributed by atoms with Crippen molar-refractivity contribution in [3.05, 3.63) is 75.3 Å². The van der Waals surface area contributed by atoms with Crippen molar-refractivity contribution in [1.82, 2.24) is 14.8 Å². The maximum atomic E-state index is 6.00. The van der Waals surface area contributed by atoms with E-state index in [0.29, 0.717) is 16.6 Å². The predicted octanol–water partition coefficient (Wildman–Crippen LogP) is 5.42. The van der Waals surface area contributed by atoms with Crippen molar-refractivity contribution in [3.8, 4) is 5.69 Å². The molecule has 4 rings (SSSR count). The number of aromatic amines is 1. The van der Waals surface area contributed by atoms with E-state index < -0.39 is 0 Å². The van der Waals surface area contributed by atoms with Crippen LogP contribution >= 0.6 is 23.8 Å². The van der Waals surface area contributed by atoms with Crippen LogP contribution in [0.3, 0.4) is 0 Å². The number of benzene rings is 2. The molecule has 1 aromatic heterocycles. The smallest absolute Gasteiger partial charge is 0.199 e. The molecular weight excluding hydrogens is 338 g/mol. The molecule has 3 aromatic rings. The molecule has 3 nitrogen and oxygen atoms in total. The first-order valence-corrected chi connectivity index (χ1v) is 8.98. The predicted molar refractivity (Wildman–Crippen MR) is 99.7 cm³/mol. The third kappa shape index (κ3) is 2.70. The van der Waals surface area contributed by atoms with Crippen LogP contribution in [0.2, 0.25) is 5.02 Å². The quantitative estimate of drug-likeness (QED) is 0.634. The van der Waals surface area contributed by atoms with E-state index in [0.717, 1.165) is 29.4 Å². The number of aryl methyl sites for hydroxylation is 1. The fourth-order valence-corrected chi connectivity index (χ4v) is 3.74. The lowest BCUT2D eigenvalue weighted by atomic mass is 10.1. The Balaban J connectivity index is 1.72. The van der Waals surface area contributed by atoms with Crippen LogP contribution in [0.4, 0.5) is 0 Å². The summed E-state index contributed by atoms with van der Waals surface area (Å²) in [6.07, 6.45) is 2.06. The zero-order chi connectivity index (χ0) is 16.7. The Morgan fingerprint density at radius 2 is 1.92 bits per heavy atom. The first-order chi connectivity index (χ1) is 11.7. The van der Waals surface area contributed by atoms with Gasteiger partial charge in [-0.25, -0.2) is 0 Å². The maximum Gasteiger partial charge on any atom is 0.199 e. The van der Waals surface area contributed by atoms with Gasteiger partial charge in [-0.3, -0.25) is 9.67 Å². The molecule has 24 heavy (non-hydrogen) atoms. The molecular formula is C19H18ClN3S. The average Bonchev–Trinajstić information content (AvgIpc) is 3.31. The van der Waals surface area contributed by atoms with Crippen molar-refractivity contribution in [2.75, 3.05) is 0 Å². The summed E-state index contributed by atoms with van der Waals surface area (Å²) < 4.78 is 2.77. The highest BCUT2D eigenvalue weighted by molar-refractivity contribution is 7.71. The summed E-state index contributed by atoms with van der Waals surface area (Å²) in [6.45, 7) is 2.16. The van der Waals surface area contributed by atoms with Gasteiger partial charge in [0.05, 0.1) is 5.69 Å². The monoisotopic (exact) mass is 355 g/mol. The van der Waals surface area contributed by atoms with Crippen molar-refractivity contribution >= 4 is 23.8 Å². The molecule has 0 radical (unpaired) electrons. The van der Waals surface area contributed by atoms with Crippen LogP contribution in [0.25, 0.3) is 5.69 Å². The van der Waals surface area contributed by atoms with Crippen LogP contribution in [0.15, 0.2) is 48.5 Å². The summed E-state index contributed by atoms with van der Waals surface area (Å²) in [5.41, 5.74) is 3.73. The average molecular weight is 356 g/mol. The van der Waals surface area contributed by atoms with Gasteiger partial charge in [-0.15, -0.1) is 0 Å². The van der Waals surface area contributed by atoms with Crippen LogP contribution < -0.4 is 0 Å². The molecule has 1 saturated carbocycles.